The van der Waals surface area contributed by atoms with Crippen molar-refractivity contribution >= 4 is 0 Å². The van der Waals surface area contributed by atoms with E-state index in [0.717, 1.165) is 12.5 Å². The Labute approximate surface area is 94.4 Å². The third-order valence-electron chi connectivity index (χ3n) is 3.33. The van der Waals surface area contributed by atoms with Gasteiger partial charge in [0.25, 0.3) is 0 Å². The van der Waals surface area contributed by atoms with Gasteiger partial charge in [-0.2, -0.15) is 0 Å². The predicted octanol–water partition coefficient (Wildman–Crippen LogP) is 1.72. The molecule has 0 bridgehead atoms. The molecule has 86 valence electrons. The molecule has 1 N–H and O–H groups in total. The molecule has 0 saturated carbocycles. The van der Waals surface area contributed by atoms with Crippen LogP contribution in [0.1, 0.15) is 33.6 Å². The number of piperidine rings is 1. The number of rotatable bonds is 4. The highest BCUT2D eigenvalue weighted by molar-refractivity contribution is 4.98. The minimum absolute atomic E-state index is 0.264. The summed E-state index contributed by atoms with van der Waals surface area (Å²) in [4.78, 5) is 2.44. The molecule has 15 heavy (non-hydrogen) atoms. The van der Waals surface area contributed by atoms with Gasteiger partial charge < -0.3 is 5.32 Å². The van der Waals surface area contributed by atoms with Crippen molar-refractivity contribution in [2.75, 3.05) is 19.6 Å². The van der Waals surface area contributed by atoms with Crippen LogP contribution in [-0.2, 0) is 0 Å². The molecule has 1 heterocycles. The maximum absolute atomic E-state index is 5.51. The smallest absolute Gasteiger partial charge is 0.0685 e. The van der Waals surface area contributed by atoms with Gasteiger partial charge in [0.15, 0.2) is 0 Å². The highest BCUT2D eigenvalue weighted by atomic mass is 15.2. The van der Waals surface area contributed by atoms with Crippen LogP contribution in [0.4, 0.5) is 0 Å². The van der Waals surface area contributed by atoms with Gasteiger partial charge in [0.1, 0.15) is 0 Å². The summed E-state index contributed by atoms with van der Waals surface area (Å²) in [5.41, 5.74) is 0. The number of terminal acetylenes is 1. The van der Waals surface area contributed by atoms with Crippen LogP contribution in [0.15, 0.2) is 0 Å². The van der Waals surface area contributed by atoms with Crippen LogP contribution < -0.4 is 5.32 Å². The summed E-state index contributed by atoms with van der Waals surface area (Å²) in [6, 6.07) is 0.811. The second-order valence-electron chi connectivity index (χ2n) is 4.83. The van der Waals surface area contributed by atoms with Gasteiger partial charge in [-0.05, 0) is 52.6 Å². The van der Waals surface area contributed by atoms with Gasteiger partial charge in [-0.3, -0.25) is 4.90 Å². The summed E-state index contributed by atoms with van der Waals surface area (Å²) in [6.45, 7) is 10.1. The van der Waals surface area contributed by atoms with E-state index in [2.05, 4.69) is 36.9 Å². The molecule has 2 nitrogen and oxygen atoms in total. The minimum atomic E-state index is 0.264. The van der Waals surface area contributed by atoms with Gasteiger partial charge in [0, 0.05) is 12.6 Å². The lowest BCUT2D eigenvalue weighted by atomic mass is 9.96. The van der Waals surface area contributed by atoms with Gasteiger partial charge in [0.2, 0.25) is 0 Å². The van der Waals surface area contributed by atoms with E-state index < -0.39 is 0 Å². The summed E-state index contributed by atoms with van der Waals surface area (Å²) in [5.74, 6) is 3.67. The average molecular weight is 208 g/mol. The fourth-order valence-corrected chi connectivity index (χ4v) is 2.27. The third kappa shape index (κ3) is 3.85. The van der Waals surface area contributed by atoms with Crippen molar-refractivity contribution in [1.29, 1.82) is 0 Å². The second kappa shape index (κ2) is 6.15. The SMILES string of the molecule is C#CC(C)N(CC1CCNCC1)C(C)C. The normalized spacial score (nSPS) is 20.5. The van der Waals surface area contributed by atoms with E-state index >= 15 is 0 Å². The van der Waals surface area contributed by atoms with Crippen molar-refractivity contribution in [1.82, 2.24) is 10.2 Å². The van der Waals surface area contributed by atoms with Crippen molar-refractivity contribution < 1.29 is 0 Å². The Morgan fingerprint density at radius 3 is 2.40 bits per heavy atom. The second-order valence-corrected chi connectivity index (χ2v) is 4.83. The minimum Gasteiger partial charge on any atom is -0.317 e. The van der Waals surface area contributed by atoms with Gasteiger partial charge >= 0.3 is 0 Å². The Morgan fingerprint density at radius 1 is 1.33 bits per heavy atom. The van der Waals surface area contributed by atoms with Gasteiger partial charge in [-0.15, -0.1) is 6.42 Å². The van der Waals surface area contributed by atoms with Crippen molar-refractivity contribution in [3.63, 3.8) is 0 Å². The quantitative estimate of drug-likeness (QED) is 0.708. The van der Waals surface area contributed by atoms with Crippen LogP contribution in [0.3, 0.4) is 0 Å². The van der Waals surface area contributed by atoms with Crippen LogP contribution in [-0.4, -0.2) is 36.6 Å². The number of hydrogen-bond donors (Lipinski definition) is 1. The molecule has 1 atom stereocenters. The average Bonchev–Trinajstić information content (AvgIpc) is 2.26. The molecule has 0 spiro atoms. The largest absolute Gasteiger partial charge is 0.317 e. The predicted molar refractivity (Wildman–Crippen MR) is 65.7 cm³/mol. The topological polar surface area (TPSA) is 15.3 Å². The first-order valence-corrected chi connectivity index (χ1v) is 6.07. The molecule has 1 aliphatic rings. The summed E-state index contributed by atoms with van der Waals surface area (Å²) < 4.78 is 0. The van der Waals surface area contributed by atoms with Crippen LogP contribution in [0.25, 0.3) is 0 Å². The number of nitrogens with one attached hydrogen (secondary N) is 1. The molecule has 0 aromatic heterocycles. The summed E-state index contributed by atoms with van der Waals surface area (Å²) >= 11 is 0. The molecular formula is C13H24N2. The molecule has 0 aromatic rings. The molecule has 1 rings (SSSR count). The molecule has 1 fully saturated rings. The zero-order valence-electron chi connectivity index (χ0n) is 10.3. The van der Waals surface area contributed by atoms with Crippen molar-refractivity contribution in [3.8, 4) is 12.3 Å². The van der Waals surface area contributed by atoms with E-state index in [1.165, 1.54) is 25.9 Å². The van der Waals surface area contributed by atoms with Crippen LogP contribution >= 0.6 is 0 Å². The molecule has 0 radical (unpaired) electrons. The maximum atomic E-state index is 5.51. The van der Waals surface area contributed by atoms with Crippen molar-refractivity contribution in [2.24, 2.45) is 5.92 Å². The van der Waals surface area contributed by atoms with E-state index in [1.54, 1.807) is 0 Å². The van der Waals surface area contributed by atoms with Gasteiger partial charge in [-0.25, -0.2) is 0 Å². The fourth-order valence-electron chi connectivity index (χ4n) is 2.27. The first-order chi connectivity index (χ1) is 7.15. The van der Waals surface area contributed by atoms with E-state index in [1.807, 2.05) is 0 Å². The molecular weight excluding hydrogens is 184 g/mol. The Kier molecular flexibility index (Phi) is 5.14. The summed E-state index contributed by atoms with van der Waals surface area (Å²) in [7, 11) is 0. The molecule has 1 unspecified atom stereocenters. The summed E-state index contributed by atoms with van der Waals surface area (Å²) in [6.07, 6.45) is 8.10. The Morgan fingerprint density at radius 2 is 1.93 bits per heavy atom. The Hall–Kier alpha value is -0.520. The standard InChI is InChI=1S/C13H24N2/c1-5-12(4)15(11(2)3)10-13-6-8-14-9-7-13/h1,11-14H,6-10H2,2-4H3. The Bertz CT molecular complexity index is 211. The van der Waals surface area contributed by atoms with Crippen molar-refractivity contribution in [3.05, 3.63) is 0 Å². The zero-order chi connectivity index (χ0) is 11.3. The van der Waals surface area contributed by atoms with Gasteiger partial charge in [-0.1, -0.05) is 5.92 Å². The summed E-state index contributed by atoms with van der Waals surface area (Å²) in [5, 5.41) is 3.40. The maximum Gasteiger partial charge on any atom is 0.0685 e. The molecule has 1 saturated heterocycles. The molecule has 0 aliphatic carbocycles. The van der Waals surface area contributed by atoms with E-state index in [9.17, 15) is 0 Å². The lowest BCUT2D eigenvalue weighted by Gasteiger charge is -2.34. The first-order valence-electron chi connectivity index (χ1n) is 6.07. The fraction of sp³-hybridized carbons (Fsp3) is 0.846. The molecule has 1 aliphatic heterocycles. The van der Waals surface area contributed by atoms with E-state index in [0.29, 0.717) is 6.04 Å². The molecule has 2 heteroatoms. The van der Waals surface area contributed by atoms with Crippen LogP contribution in [0.2, 0.25) is 0 Å². The van der Waals surface area contributed by atoms with Crippen molar-refractivity contribution in [2.45, 2.75) is 45.7 Å². The lowest BCUT2D eigenvalue weighted by molar-refractivity contribution is 0.150. The Balaban J connectivity index is 2.46. The number of nitrogens with zero attached hydrogens (tertiary/aromatic N) is 1. The third-order valence-corrected chi connectivity index (χ3v) is 3.33. The highest BCUT2D eigenvalue weighted by Gasteiger charge is 2.21. The highest BCUT2D eigenvalue weighted by Crippen LogP contribution is 2.16. The number of hydrogen-bond acceptors (Lipinski definition) is 2. The van der Waals surface area contributed by atoms with E-state index in [4.69, 9.17) is 6.42 Å². The molecule has 0 aromatic carbocycles. The van der Waals surface area contributed by atoms with E-state index in [-0.39, 0.29) is 6.04 Å². The molecule has 0 amide bonds. The lowest BCUT2D eigenvalue weighted by Crippen LogP contribution is -2.43. The first kappa shape index (κ1) is 12.5. The van der Waals surface area contributed by atoms with Crippen LogP contribution in [0, 0.1) is 18.3 Å². The zero-order valence-corrected chi connectivity index (χ0v) is 10.3. The monoisotopic (exact) mass is 208 g/mol. The van der Waals surface area contributed by atoms with Crippen LogP contribution in [0.5, 0.6) is 0 Å². The van der Waals surface area contributed by atoms with Gasteiger partial charge in [0.05, 0.1) is 6.04 Å².